The van der Waals surface area contributed by atoms with Gasteiger partial charge >= 0.3 is 5.97 Å². The van der Waals surface area contributed by atoms with E-state index in [0.29, 0.717) is 6.42 Å². The lowest BCUT2D eigenvalue weighted by atomic mass is 9.84. The van der Waals surface area contributed by atoms with Gasteiger partial charge in [0.25, 0.3) is 0 Å². The third-order valence-electron chi connectivity index (χ3n) is 2.91. The molecule has 1 rings (SSSR count). The number of aliphatic carboxylic acids is 1. The summed E-state index contributed by atoms with van der Waals surface area (Å²) in [5, 5.41) is 11.9. The largest absolute Gasteiger partial charge is 0.480 e. The van der Waals surface area contributed by atoms with Gasteiger partial charge in [-0.2, -0.15) is 11.8 Å². The Hall–Kier alpha value is -0.710. The number of amides is 1. The number of carboxylic acids is 1. The first kappa shape index (κ1) is 13.4. The molecule has 1 atom stereocenters. The van der Waals surface area contributed by atoms with E-state index in [9.17, 15) is 9.59 Å². The summed E-state index contributed by atoms with van der Waals surface area (Å²) in [4.78, 5) is 23.0. The maximum atomic E-state index is 11.9. The summed E-state index contributed by atoms with van der Waals surface area (Å²) < 4.78 is 0. The minimum absolute atomic E-state index is 0.215. The molecule has 0 spiro atoms. The van der Waals surface area contributed by atoms with Gasteiger partial charge in [-0.05, 0) is 44.6 Å². The molecule has 0 radical (unpaired) electrons. The smallest absolute Gasteiger partial charge is 0.318 e. The van der Waals surface area contributed by atoms with E-state index in [1.54, 1.807) is 11.8 Å². The predicted octanol–water partition coefficient (Wildman–Crippen LogP) is 1.50. The zero-order valence-electron chi connectivity index (χ0n) is 9.78. The molecule has 0 heterocycles. The molecular formula is C11H19NO3S. The Kier molecular flexibility index (Phi) is 4.65. The molecule has 5 heteroatoms. The highest BCUT2D eigenvalue weighted by Gasteiger charge is 2.42. The van der Waals surface area contributed by atoms with Gasteiger partial charge in [0.1, 0.15) is 5.41 Å². The quantitative estimate of drug-likeness (QED) is 0.527. The Morgan fingerprint density at radius 3 is 2.56 bits per heavy atom. The van der Waals surface area contributed by atoms with Gasteiger partial charge in [0.15, 0.2) is 0 Å². The van der Waals surface area contributed by atoms with E-state index < -0.39 is 11.4 Å². The zero-order valence-corrected chi connectivity index (χ0v) is 10.6. The third kappa shape index (κ3) is 3.40. The van der Waals surface area contributed by atoms with Gasteiger partial charge in [-0.15, -0.1) is 0 Å². The minimum atomic E-state index is -1.27. The van der Waals surface area contributed by atoms with E-state index in [4.69, 9.17) is 5.11 Å². The Labute approximate surface area is 100 Å². The Bertz CT molecular complexity index is 278. The van der Waals surface area contributed by atoms with Crippen molar-refractivity contribution in [2.24, 2.45) is 5.41 Å². The maximum absolute atomic E-state index is 11.9. The maximum Gasteiger partial charge on any atom is 0.318 e. The van der Waals surface area contributed by atoms with Crippen molar-refractivity contribution in [1.29, 1.82) is 0 Å². The SMILES string of the molecule is CSCCCC(C)(C(=O)O)C(=O)NC1CC1. The molecule has 1 unspecified atom stereocenters. The molecule has 16 heavy (non-hydrogen) atoms. The van der Waals surface area contributed by atoms with Crippen LogP contribution in [0.15, 0.2) is 0 Å². The number of hydrogen-bond donors (Lipinski definition) is 2. The van der Waals surface area contributed by atoms with Gasteiger partial charge in [-0.25, -0.2) is 0 Å². The first-order chi connectivity index (χ1) is 7.50. The fourth-order valence-corrected chi connectivity index (χ4v) is 1.89. The van der Waals surface area contributed by atoms with Crippen molar-refractivity contribution in [2.75, 3.05) is 12.0 Å². The fraction of sp³-hybridized carbons (Fsp3) is 0.818. The molecule has 0 saturated heterocycles. The lowest BCUT2D eigenvalue weighted by molar-refractivity contribution is -0.155. The van der Waals surface area contributed by atoms with Crippen LogP contribution in [-0.2, 0) is 9.59 Å². The summed E-state index contributed by atoms with van der Waals surface area (Å²) in [7, 11) is 0. The molecule has 1 amide bonds. The van der Waals surface area contributed by atoms with Crippen LogP contribution >= 0.6 is 11.8 Å². The predicted molar refractivity (Wildman–Crippen MR) is 64.5 cm³/mol. The second-order valence-electron chi connectivity index (χ2n) is 4.48. The molecule has 4 nitrogen and oxygen atoms in total. The average Bonchev–Trinajstić information content (AvgIpc) is 3.01. The van der Waals surface area contributed by atoms with Crippen molar-refractivity contribution in [3.05, 3.63) is 0 Å². The topological polar surface area (TPSA) is 66.4 Å². The van der Waals surface area contributed by atoms with Crippen LogP contribution in [0.5, 0.6) is 0 Å². The molecule has 2 N–H and O–H groups in total. The lowest BCUT2D eigenvalue weighted by Crippen LogP contribution is -2.45. The average molecular weight is 245 g/mol. The zero-order chi connectivity index (χ0) is 12.2. The molecule has 1 fully saturated rings. The van der Waals surface area contributed by atoms with Crippen LogP contribution in [-0.4, -0.2) is 35.0 Å². The first-order valence-corrected chi connectivity index (χ1v) is 6.93. The summed E-state index contributed by atoms with van der Waals surface area (Å²) in [6.07, 6.45) is 5.09. The lowest BCUT2D eigenvalue weighted by Gasteiger charge is -2.23. The number of hydrogen-bond acceptors (Lipinski definition) is 3. The normalized spacial score (nSPS) is 18.9. The van der Waals surface area contributed by atoms with E-state index >= 15 is 0 Å². The second kappa shape index (κ2) is 5.57. The van der Waals surface area contributed by atoms with Gasteiger partial charge < -0.3 is 10.4 Å². The van der Waals surface area contributed by atoms with Gasteiger partial charge in [-0.3, -0.25) is 9.59 Å². The molecule has 1 aliphatic carbocycles. The monoisotopic (exact) mass is 245 g/mol. The summed E-state index contributed by atoms with van der Waals surface area (Å²) in [5.74, 6) is -0.463. The van der Waals surface area contributed by atoms with Gasteiger partial charge in [0.2, 0.25) is 5.91 Å². The summed E-state index contributed by atoms with van der Waals surface area (Å²) in [6.45, 7) is 1.52. The van der Waals surface area contributed by atoms with E-state index in [0.717, 1.165) is 25.0 Å². The summed E-state index contributed by atoms with van der Waals surface area (Å²) in [5.41, 5.74) is -1.27. The van der Waals surface area contributed by atoms with Crippen molar-refractivity contribution in [1.82, 2.24) is 5.32 Å². The van der Waals surface area contributed by atoms with E-state index in [2.05, 4.69) is 5.32 Å². The third-order valence-corrected chi connectivity index (χ3v) is 3.61. The van der Waals surface area contributed by atoms with E-state index in [-0.39, 0.29) is 11.9 Å². The molecule has 0 aromatic heterocycles. The Balaban J connectivity index is 2.54. The molecule has 1 saturated carbocycles. The Morgan fingerprint density at radius 2 is 2.12 bits per heavy atom. The molecule has 0 aliphatic heterocycles. The molecule has 0 aromatic carbocycles. The highest BCUT2D eigenvalue weighted by atomic mass is 32.2. The van der Waals surface area contributed by atoms with Crippen molar-refractivity contribution in [2.45, 2.75) is 38.6 Å². The van der Waals surface area contributed by atoms with Crippen LogP contribution in [0.25, 0.3) is 0 Å². The van der Waals surface area contributed by atoms with Crippen LogP contribution in [0.2, 0.25) is 0 Å². The number of nitrogens with one attached hydrogen (secondary N) is 1. The number of thioether (sulfide) groups is 1. The first-order valence-electron chi connectivity index (χ1n) is 5.54. The number of carboxylic acid groups (broad SMARTS) is 1. The van der Waals surface area contributed by atoms with Crippen molar-refractivity contribution in [3.63, 3.8) is 0 Å². The van der Waals surface area contributed by atoms with Gasteiger partial charge in [0.05, 0.1) is 0 Å². The van der Waals surface area contributed by atoms with Crippen LogP contribution in [0.4, 0.5) is 0 Å². The number of carbonyl (C=O) groups excluding carboxylic acids is 1. The van der Waals surface area contributed by atoms with E-state index in [1.807, 2.05) is 6.26 Å². The van der Waals surface area contributed by atoms with E-state index in [1.165, 1.54) is 6.92 Å². The molecule has 0 aromatic rings. The molecule has 1 aliphatic rings. The second-order valence-corrected chi connectivity index (χ2v) is 5.47. The van der Waals surface area contributed by atoms with Gasteiger partial charge in [-0.1, -0.05) is 0 Å². The Morgan fingerprint density at radius 1 is 1.50 bits per heavy atom. The van der Waals surface area contributed by atoms with Crippen molar-refractivity contribution >= 4 is 23.6 Å². The molecule has 0 bridgehead atoms. The highest BCUT2D eigenvalue weighted by molar-refractivity contribution is 7.98. The van der Waals surface area contributed by atoms with Crippen LogP contribution in [0, 0.1) is 5.41 Å². The van der Waals surface area contributed by atoms with Crippen LogP contribution < -0.4 is 5.32 Å². The minimum Gasteiger partial charge on any atom is -0.480 e. The molecule has 92 valence electrons. The van der Waals surface area contributed by atoms with Crippen molar-refractivity contribution in [3.8, 4) is 0 Å². The standard InChI is InChI=1S/C11H19NO3S/c1-11(10(14)15,6-3-7-16-2)9(13)12-8-4-5-8/h8H,3-7H2,1-2H3,(H,12,13)(H,14,15). The molecular weight excluding hydrogens is 226 g/mol. The fourth-order valence-electron chi connectivity index (χ4n) is 1.46. The number of rotatable bonds is 7. The van der Waals surface area contributed by atoms with Crippen LogP contribution in [0.3, 0.4) is 0 Å². The van der Waals surface area contributed by atoms with Gasteiger partial charge in [0, 0.05) is 6.04 Å². The highest BCUT2D eigenvalue weighted by Crippen LogP contribution is 2.27. The summed E-state index contributed by atoms with van der Waals surface area (Å²) >= 11 is 1.67. The number of carbonyl (C=O) groups is 2. The van der Waals surface area contributed by atoms with Crippen molar-refractivity contribution < 1.29 is 14.7 Å². The summed E-state index contributed by atoms with van der Waals surface area (Å²) in [6, 6.07) is 0.215. The van der Waals surface area contributed by atoms with Crippen LogP contribution in [0.1, 0.15) is 32.6 Å².